The van der Waals surface area contributed by atoms with Crippen LogP contribution in [0.1, 0.15) is 18.7 Å². The molecule has 0 unspecified atom stereocenters. The highest BCUT2D eigenvalue weighted by atomic mass is 16.5. The number of nitrogens with zero attached hydrogens (tertiary/aromatic N) is 1. The van der Waals surface area contributed by atoms with Crippen LogP contribution in [-0.4, -0.2) is 12.6 Å². The lowest BCUT2D eigenvalue weighted by molar-refractivity contribution is -0.137. The van der Waals surface area contributed by atoms with E-state index in [0.717, 1.165) is 17.0 Å². The molecule has 0 radical (unpaired) electrons. The first kappa shape index (κ1) is 14.2. The number of ether oxygens (including phenoxy) is 2. The van der Waals surface area contributed by atoms with E-state index in [-0.39, 0.29) is 12.2 Å². The van der Waals surface area contributed by atoms with Gasteiger partial charge in [0.05, 0.1) is 12.3 Å². The van der Waals surface area contributed by atoms with Gasteiger partial charge in [-0.05, 0) is 19.1 Å². The standard InChI is InChI=1S/C18H17NO3/c1-2-21-17(20)12-13-19-15-10-6-7-11-16(15)22-18(19)14-8-4-3-5-9-14/h3-13,18H,2H2,1H3/b13-12+/t18-/m1/s1. The van der Waals surface area contributed by atoms with Crippen molar-refractivity contribution in [3.8, 4) is 5.75 Å². The van der Waals surface area contributed by atoms with Gasteiger partial charge in [0.1, 0.15) is 5.75 Å². The first-order valence-corrected chi connectivity index (χ1v) is 7.23. The number of carbonyl (C=O) groups is 1. The molecule has 112 valence electrons. The van der Waals surface area contributed by atoms with E-state index in [1.165, 1.54) is 6.08 Å². The van der Waals surface area contributed by atoms with Crippen LogP contribution in [0.3, 0.4) is 0 Å². The van der Waals surface area contributed by atoms with Crippen LogP contribution in [0.5, 0.6) is 5.75 Å². The second kappa shape index (κ2) is 6.35. The summed E-state index contributed by atoms with van der Waals surface area (Å²) in [5.41, 5.74) is 1.95. The maximum absolute atomic E-state index is 11.6. The fourth-order valence-electron chi connectivity index (χ4n) is 2.41. The number of hydrogen-bond acceptors (Lipinski definition) is 4. The van der Waals surface area contributed by atoms with Crippen molar-refractivity contribution in [1.82, 2.24) is 0 Å². The van der Waals surface area contributed by atoms with E-state index in [0.29, 0.717) is 6.61 Å². The van der Waals surface area contributed by atoms with Gasteiger partial charge in [-0.2, -0.15) is 0 Å². The van der Waals surface area contributed by atoms with Gasteiger partial charge < -0.3 is 14.4 Å². The number of fused-ring (bicyclic) bond motifs is 1. The molecule has 1 aliphatic rings. The minimum Gasteiger partial charge on any atom is -0.464 e. The summed E-state index contributed by atoms with van der Waals surface area (Å²) in [4.78, 5) is 13.5. The molecular weight excluding hydrogens is 278 g/mol. The summed E-state index contributed by atoms with van der Waals surface area (Å²) >= 11 is 0. The minimum absolute atomic E-state index is 0.288. The van der Waals surface area contributed by atoms with E-state index in [1.807, 2.05) is 59.5 Å². The highest BCUT2D eigenvalue weighted by Crippen LogP contribution is 2.43. The van der Waals surface area contributed by atoms with Crippen molar-refractivity contribution < 1.29 is 14.3 Å². The minimum atomic E-state index is -0.362. The molecule has 22 heavy (non-hydrogen) atoms. The molecule has 2 aromatic rings. The molecule has 0 N–H and O–H groups in total. The molecule has 0 spiro atoms. The van der Waals surface area contributed by atoms with Crippen LogP contribution < -0.4 is 9.64 Å². The Hall–Kier alpha value is -2.75. The van der Waals surface area contributed by atoms with Gasteiger partial charge in [0, 0.05) is 17.8 Å². The number of para-hydroxylation sites is 2. The molecule has 0 aromatic heterocycles. The maximum Gasteiger partial charge on any atom is 0.332 e. The van der Waals surface area contributed by atoms with E-state index in [4.69, 9.17) is 9.47 Å². The maximum atomic E-state index is 11.6. The largest absolute Gasteiger partial charge is 0.464 e. The number of benzene rings is 2. The summed E-state index contributed by atoms with van der Waals surface area (Å²) in [6.45, 7) is 2.14. The van der Waals surface area contributed by atoms with Crippen LogP contribution in [0.2, 0.25) is 0 Å². The number of esters is 1. The Balaban J connectivity index is 1.92. The average molecular weight is 295 g/mol. The van der Waals surface area contributed by atoms with Crippen molar-refractivity contribution in [2.75, 3.05) is 11.5 Å². The van der Waals surface area contributed by atoms with Crippen molar-refractivity contribution in [3.63, 3.8) is 0 Å². The molecule has 1 atom stereocenters. The second-order valence-electron chi connectivity index (χ2n) is 4.82. The first-order valence-electron chi connectivity index (χ1n) is 7.23. The van der Waals surface area contributed by atoms with Crippen molar-refractivity contribution in [3.05, 3.63) is 72.4 Å². The quantitative estimate of drug-likeness (QED) is 0.637. The third kappa shape index (κ3) is 2.81. The number of anilines is 1. The Morgan fingerprint density at radius 2 is 1.91 bits per heavy atom. The molecule has 0 amide bonds. The van der Waals surface area contributed by atoms with Crippen molar-refractivity contribution in [2.24, 2.45) is 0 Å². The topological polar surface area (TPSA) is 38.8 Å². The Morgan fingerprint density at radius 1 is 1.18 bits per heavy atom. The molecule has 0 fully saturated rings. The summed E-state index contributed by atoms with van der Waals surface area (Å²) in [7, 11) is 0. The molecule has 2 aromatic carbocycles. The SMILES string of the molecule is CCOC(=O)/C=C/N1c2ccccc2O[C@@H]1c1ccccc1. The molecule has 0 bridgehead atoms. The highest BCUT2D eigenvalue weighted by molar-refractivity contribution is 5.83. The summed E-state index contributed by atoms with van der Waals surface area (Å²) in [6, 6.07) is 17.7. The molecule has 1 heterocycles. The molecule has 3 rings (SSSR count). The third-order valence-electron chi connectivity index (χ3n) is 3.38. The lowest BCUT2D eigenvalue weighted by Gasteiger charge is -2.21. The van der Waals surface area contributed by atoms with Crippen LogP contribution in [-0.2, 0) is 9.53 Å². The van der Waals surface area contributed by atoms with Crippen LogP contribution in [0.25, 0.3) is 0 Å². The molecule has 0 aliphatic carbocycles. The zero-order valence-corrected chi connectivity index (χ0v) is 12.3. The third-order valence-corrected chi connectivity index (χ3v) is 3.38. The molecule has 1 aliphatic heterocycles. The summed E-state index contributed by atoms with van der Waals surface area (Å²) in [5.74, 6) is 0.434. The molecule has 4 nitrogen and oxygen atoms in total. The average Bonchev–Trinajstić information content (AvgIpc) is 2.93. The van der Waals surface area contributed by atoms with E-state index in [9.17, 15) is 4.79 Å². The number of hydrogen-bond donors (Lipinski definition) is 0. The summed E-state index contributed by atoms with van der Waals surface area (Å²) < 4.78 is 11.0. The van der Waals surface area contributed by atoms with Crippen molar-refractivity contribution in [1.29, 1.82) is 0 Å². The lowest BCUT2D eigenvalue weighted by Crippen LogP contribution is -2.22. The monoisotopic (exact) mass is 295 g/mol. The molecule has 0 saturated heterocycles. The molecule has 4 heteroatoms. The number of rotatable bonds is 4. The van der Waals surface area contributed by atoms with Gasteiger partial charge in [-0.1, -0.05) is 42.5 Å². The Morgan fingerprint density at radius 3 is 2.68 bits per heavy atom. The van der Waals surface area contributed by atoms with Gasteiger partial charge in [-0.15, -0.1) is 0 Å². The lowest BCUT2D eigenvalue weighted by atomic mass is 10.2. The molecule has 0 saturated carbocycles. The van der Waals surface area contributed by atoms with Crippen LogP contribution >= 0.6 is 0 Å². The molecular formula is C18H17NO3. The normalized spacial score (nSPS) is 16.4. The van der Waals surface area contributed by atoms with E-state index >= 15 is 0 Å². The first-order chi connectivity index (χ1) is 10.8. The van der Waals surface area contributed by atoms with Gasteiger partial charge in [-0.25, -0.2) is 4.79 Å². The van der Waals surface area contributed by atoms with Gasteiger partial charge in [0.2, 0.25) is 6.23 Å². The van der Waals surface area contributed by atoms with Crippen LogP contribution in [0, 0.1) is 0 Å². The predicted octanol–water partition coefficient (Wildman–Crippen LogP) is 3.66. The van der Waals surface area contributed by atoms with Crippen LogP contribution in [0.4, 0.5) is 5.69 Å². The second-order valence-corrected chi connectivity index (χ2v) is 4.82. The van der Waals surface area contributed by atoms with Gasteiger partial charge in [-0.3, -0.25) is 0 Å². The highest BCUT2D eigenvalue weighted by Gasteiger charge is 2.30. The van der Waals surface area contributed by atoms with Gasteiger partial charge >= 0.3 is 5.97 Å². The zero-order chi connectivity index (χ0) is 15.4. The van der Waals surface area contributed by atoms with E-state index in [2.05, 4.69) is 0 Å². The smallest absolute Gasteiger partial charge is 0.332 e. The fourth-order valence-corrected chi connectivity index (χ4v) is 2.41. The zero-order valence-electron chi connectivity index (χ0n) is 12.3. The van der Waals surface area contributed by atoms with E-state index in [1.54, 1.807) is 13.1 Å². The van der Waals surface area contributed by atoms with Crippen molar-refractivity contribution >= 4 is 11.7 Å². The Bertz CT molecular complexity index is 682. The fraction of sp³-hybridized carbons (Fsp3) is 0.167. The summed E-state index contributed by atoms with van der Waals surface area (Å²) in [6.07, 6.45) is 2.84. The Labute approximate surface area is 129 Å². The predicted molar refractivity (Wildman–Crippen MR) is 84.5 cm³/mol. The Kier molecular flexibility index (Phi) is 4.10. The van der Waals surface area contributed by atoms with E-state index < -0.39 is 0 Å². The van der Waals surface area contributed by atoms with Crippen molar-refractivity contribution in [2.45, 2.75) is 13.2 Å². The van der Waals surface area contributed by atoms with Crippen LogP contribution in [0.15, 0.2) is 66.9 Å². The van der Waals surface area contributed by atoms with Gasteiger partial charge in [0.15, 0.2) is 0 Å². The van der Waals surface area contributed by atoms with Gasteiger partial charge in [0.25, 0.3) is 0 Å². The summed E-state index contributed by atoms with van der Waals surface area (Å²) in [5, 5.41) is 0. The number of carbonyl (C=O) groups excluding carboxylic acids is 1.